The first kappa shape index (κ1) is 12.7. The Morgan fingerprint density at radius 2 is 2.05 bits per heavy atom. The predicted molar refractivity (Wildman–Crippen MR) is 78.3 cm³/mol. The van der Waals surface area contributed by atoms with Gasteiger partial charge in [0.15, 0.2) is 0 Å². The SMILES string of the molecule is Cc1ccc2c(c1)C(C1CCCCC1(C)C)C(=O)N2. The molecule has 1 amide bonds. The maximum atomic E-state index is 12.4. The molecule has 0 saturated heterocycles. The van der Waals surface area contributed by atoms with Gasteiger partial charge >= 0.3 is 0 Å². The smallest absolute Gasteiger partial charge is 0.232 e. The second kappa shape index (κ2) is 4.36. The molecule has 1 aromatic carbocycles. The van der Waals surface area contributed by atoms with E-state index in [0.29, 0.717) is 5.92 Å². The van der Waals surface area contributed by atoms with Crippen LogP contribution in [0, 0.1) is 18.3 Å². The number of rotatable bonds is 1. The highest BCUT2D eigenvalue weighted by atomic mass is 16.2. The zero-order chi connectivity index (χ0) is 13.6. The Bertz CT molecular complexity index is 518. The van der Waals surface area contributed by atoms with E-state index in [0.717, 1.165) is 5.69 Å². The molecule has 0 aromatic heterocycles. The summed E-state index contributed by atoms with van der Waals surface area (Å²) >= 11 is 0. The molecule has 2 heteroatoms. The lowest BCUT2D eigenvalue weighted by Gasteiger charge is -2.41. The van der Waals surface area contributed by atoms with Crippen molar-refractivity contribution in [3.05, 3.63) is 29.3 Å². The van der Waals surface area contributed by atoms with Gasteiger partial charge in [0.05, 0.1) is 5.92 Å². The Balaban J connectivity index is 2.01. The van der Waals surface area contributed by atoms with Gasteiger partial charge in [0.25, 0.3) is 0 Å². The van der Waals surface area contributed by atoms with E-state index in [9.17, 15) is 4.79 Å². The molecule has 1 fully saturated rings. The van der Waals surface area contributed by atoms with Gasteiger partial charge < -0.3 is 5.32 Å². The molecule has 2 atom stereocenters. The summed E-state index contributed by atoms with van der Waals surface area (Å²) in [5, 5.41) is 3.07. The average molecular weight is 257 g/mol. The molecule has 0 bridgehead atoms. The fourth-order valence-corrected chi connectivity index (χ4v) is 3.94. The van der Waals surface area contributed by atoms with Crippen LogP contribution in [0.3, 0.4) is 0 Å². The molecule has 1 aliphatic carbocycles. The van der Waals surface area contributed by atoms with Crippen molar-refractivity contribution in [1.82, 2.24) is 0 Å². The van der Waals surface area contributed by atoms with E-state index in [1.165, 1.54) is 36.8 Å². The van der Waals surface area contributed by atoms with E-state index in [4.69, 9.17) is 0 Å². The summed E-state index contributed by atoms with van der Waals surface area (Å²) < 4.78 is 0. The van der Waals surface area contributed by atoms with Gasteiger partial charge in [-0.2, -0.15) is 0 Å². The van der Waals surface area contributed by atoms with Crippen LogP contribution >= 0.6 is 0 Å². The number of carbonyl (C=O) groups excluding carboxylic acids is 1. The monoisotopic (exact) mass is 257 g/mol. The predicted octanol–water partition coefficient (Wildman–Crippen LogP) is 4.25. The minimum absolute atomic E-state index is 0.0604. The third kappa shape index (κ3) is 2.07. The van der Waals surface area contributed by atoms with E-state index in [1.807, 2.05) is 0 Å². The molecule has 3 rings (SSSR count). The zero-order valence-corrected chi connectivity index (χ0v) is 12.1. The van der Waals surface area contributed by atoms with Gasteiger partial charge in [-0.3, -0.25) is 4.79 Å². The maximum Gasteiger partial charge on any atom is 0.232 e. The number of anilines is 1. The highest BCUT2D eigenvalue weighted by Crippen LogP contribution is 2.51. The zero-order valence-electron chi connectivity index (χ0n) is 12.1. The van der Waals surface area contributed by atoms with E-state index in [-0.39, 0.29) is 17.2 Å². The Hall–Kier alpha value is -1.31. The first-order valence-corrected chi connectivity index (χ1v) is 7.40. The average Bonchev–Trinajstić information content (AvgIpc) is 2.65. The Morgan fingerprint density at radius 3 is 2.79 bits per heavy atom. The molecule has 1 saturated carbocycles. The lowest BCUT2D eigenvalue weighted by atomic mass is 9.62. The van der Waals surface area contributed by atoms with Crippen LogP contribution in [0.1, 0.15) is 56.6 Å². The van der Waals surface area contributed by atoms with Gasteiger partial charge in [-0.05, 0) is 42.7 Å². The van der Waals surface area contributed by atoms with Gasteiger partial charge in [0.1, 0.15) is 0 Å². The minimum Gasteiger partial charge on any atom is -0.325 e. The molecule has 0 radical (unpaired) electrons. The fraction of sp³-hybridized carbons (Fsp3) is 0.588. The standard InChI is InChI=1S/C17H23NO/c1-11-7-8-14-12(10-11)15(16(19)18-14)13-6-4-5-9-17(13,2)3/h7-8,10,13,15H,4-6,9H2,1-3H3,(H,18,19). The lowest BCUT2D eigenvalue weighted by molar-refractivity contribution is -0.119. The number of carbonyl (C=O) groups is 1. The van der Waals surface area contributed by atoms with Crippen molar-refractivity contribution in [2.75, 3.05) is 5.32 Å². The Labute approximate surface area is 115 Å². The van der Waals surface area contributed by atoms with Crippen LogP contribution in [0.15, 0.2) is 18.2 Å². The van der Waals surface area contributed by atoms with Crippen LogP contribution in [0.4, 0.5) is 5.69 Å². The molecule has 2 nitrogen and oxygen atoms in total. The van der Waals surface area contributed by atoms with Gasteiger partial charge in [-0.25, -0.2) is 0 Å². The van der Waals surface area contributed by atoms with Gasteiger partial charge in [0.2, 0.25) is 5.91 Å². The molecular formula is C17H23NO. The van der Waals surface area contributed by atoms with E-state index < -0.39 is 0 Å². The van der Waals surface area contributed by atoms with Crippen molar-refractivity contribution in [1.29, 1.82) is 0 Å². The lowest BCUT2D eigenvalue weighted by Crippen LogP contribution is -2.35. The van der Waals surface area contributed by atoms with Crippen molar-refractivity contribution < 1.29 is 4.79 Å². The van der Waals surface area contributed by atoms with Crippen molar-refractivity contribution in [2.24, 2.45) is 11.3 Å². The van der Waals surface area contributed by atoms with Gasteiger partial charge in [0, 0.05) is 5.69 Å². The summed E-state index contributed by atoms with van der Waals surface area (Å²) in [4.78, 5) is 12.4. The first-order chi connectivity index (χ1) is 8.99. The number of amides is 1. The molecule has 2 aliphatic rings. The van der Waals surface area contributed by atoms with E-state index >= 15 is 0 Å². The molecule has 102 valence electrons. The van der Waals surface area contributed by atoms with Crippen molar-refractivity contribution in [3.8, 4) is 0 Å². The Kier molecular flexibility index (Phi) is 2.92. The minimum atomic E-state index is 0.0604. The quantitative estimate of drug-likeness (QED) is 0.800. The maximum absolute atomic E-state index is 12.4. The van der Waals surface area contributed by atoms with Crippen LogP contribution in [-0.4, -0.2) is 5.91 Å². The van der Waals surface area contributed by atoms with Gasteiger partial charge in [-0.1, -0.05) is 44.4 Å². The Morgan fingerprint density at radius 1 is 1.26 bits per heavy atom. The van der Waals surface area contributed by atoms with E-state index in [2.05, 4.69) is 44.3 Å². The molecule has 0 spiro atoms. The number of benzene rings is 1. The second-order valence-corrected chi connectivity index (χ2v) is 6.90. The van der Waals surface area contributed by atoms with Gasteiger partial charge in [-0.15, -0.1) is 0 Å². The number of aryl methyl sites for hydroxylation is 1. The molecule has 1 N–H and O–H groups in total. The molecule has 1 heterocycles. The normalized spacial score (nSPS) is 28.9. The summed E-state index contributed by atoms with van der Waals surface area (Å²) in [6.45, 7) is 6.77. The van der Waals surface area contributed by atoms with Crippen molar-refractivity contribution in [3.63, 3.8) is 0 Å². The number of fused-ring (bicyclic) bond motifs is 1. The molecular weight excluding hydrogens is 234 g/mol. The highest BCUT2D eigenvalue weighted by Gasteiger charge is 2.44. The molecule has 19 heavy (non-hydrogen) atoms. The highest BCUT2D eigenvalue weighted by molar-refractivity contribution is 6.03. The van der Waals surface area contributed by atoms with Crippen LogP contribution < -0.4 is 5.32 Å². The van der Waals surface area contributed by atoms with Crippen molar-refractivity contribution >= 4 is 11.6 Å². The van der Waals surface area contributed by atoms with Crippen LogP contribution in [0.25, 0.3) is 0 Å². The largest absolute Gasteiger partial charge is 0.325 e. The summed E-state index contributed by atoms with van der Waals surface area (Å²) in [5.41, 5.74) is 3.77. The van der Waals surface area contributed by atoms with Crippen molar-refractivity contribution in [2.45, 2.75) is 52.4 Å². The molecule has 1 aliphatic heterocycles. The number of hydrogen-bond acceptors (Lipinski definition) is 1. The summed E-state index contributed by atoms with van der Waals surface area (Å²) in [5.74, 6) is 0.745. The molecule has 1 aromatic rings. The van der Waals surface area contributed by atoms with Crippen LogP contribution in [-0.2, 0) is 4.79 Å². The number of nitrogens with one attached hydrogen (secondary N) is 1. The third-order valence-electron chi connectivity index (χ3n) is 5.07. The second-order valence-electron chi connectivity index (χ2n) is 6.90. The summed E-state index contributed by atoms with van der Waals surface area (Å²) in [6, 6.07) is 6.33. The third-order valence-corrected chi connectivity index (χ3v) is 5.07. The van der Waals surface area contributed by atoms with Crippen LogP contribution in [0.5, 0.6) is 0 Å². The van der Waals surface area contributed by atoms with E-state index in [1.54, 1.807) is 0 Å². The topological polar surface area (TPSA) is 29.1 Å². The summed E-state index contributed by atoms with van der Waals surface area (Å²) in [6.07, 6.45) is 4.98. The molecule has 2 unspecified atom stereocenters. The van der Waals surface area contributed by atoms with Crippen LogP contribution in [0.2, 0.25) is 0 Å². The first-order valence-electron chi connectivity index (χ1n) is 7.40. The number of hydrogen-bond donors (Lipinski definition) is 1. The fourth-order valence-electron chi connectivity index (χ4n) is 3.94. The summed E-state index contributed by atoms with van der Waals surface area (Å²) in [7, 11) is 0.